The summed E-state index contributed by atoms with van der Waals surface area (Å²) in [6.45, 7) is 16.4. The first kappa shape index (κ1) is 22.7. The van der Waals surface area contributed by atoms with Crippen molar-refractivity contribution in [3.8, 4) is 0 Å². The minimum Gasteiger partial charge on any atom is -0.481 e. The monoisotopic (exact) mass is 440 g/mol. The normalized spacial score (nSPS) is 51.0. The first-order valence-electron chi connectivity index (χ1n) is 13.1. The third-order valence-electron chi connectivity index (χ3n) is 12.5. The number of carbonyl (C=O) groups is 2. The van der Waals surface area contributed by atoms with E-state index >= 15 is 0 Å². The molecular weight excluding hydrogens is 396 g/mol. The fourth-order valence-corrected chi connectivity index (χ4v) is 10.2. The van der Waals surface area contributed by atoms with Crippen molar-refractivity contribution in [2.45, 2.75) is 106 Å². The number of carboxylic acids is 1. The highest BCUT2D eigenvalue weighted by atomic mass is 16.4. The van der Waals surface area contributed by atoms with Crippen LogP contribution in [-0.2, 0) is 9.59 Å². The number of Topliss-reactive ketones (excluding diaryl/α,β-unsaturated/α-hetero) is 1. The van der Waals surface area contributed by atoms with Gasteiger partial charge < -0.3 is 5.11 Å². The predicted octanol–water partition coefficient (Wildman–Crippen LogP) is 7.05. The second-order valence-corrected chi connectivity index (χ2v) is 14.5. The quantitative estimate of drug-likeness (QED) is 0.444. The number of carbonyl (C=O) groups excluding carboxylic acids is 1. The standard InChI is InChI=1S/C29H44O3/c1-24(2)12-14-29(23(31)32)15-13-27(6)18(19(29)16-24)8-9-21-26(5)17-22(30)25(3,4)20(26)10-11-28(21,27)7/h8,19-21H,9-17H2,1-7H3,(H,31,32)/t19-,20+,21-,26+,27-,28-,29+/m1/s1. The van der Waals surface area contributed by atoms with Crippen molar-refractivity contribution in [3.05, 3.63) is 11.6 Å². The van der Waals surface area contributed by atoms with Crippen LogP contribution in [0, 0.1) is 50.2 Å². The molecule has 0 aromatic heterocycles. The van der Waals surface area contributed by atoms with Crippen molar-refractivity contribution in [2.75, 3.05) is 0 Å². The predicted molar refractivity (Wildman–Crippen MR) is 127 cm³/mol. The molecular formula is C29H44O3. The molecule has 5 aliphatic carbocycles. The summed E-state index contributed by atoms with van der Waals surface area (Å²) in [5.41, 5.74) is 1.13. The van der Waals surface area contributed by atoms with Crippen LogP contribution < -0.4 is 0 Å². The van der Waals surface area contributed by atoms with E-state index in [-0.39, 0.29) is 33.0 Å². The molecule has 0 aromatic rings. The van der Waals surface area contributed by atoms with E-state index in [2.05, 4.69) is 54.5 Å². The van der Waals surface area contributed by atoms with Crippen LogP contribution >= 0.6 is 0 Å². The molecule has 7 atom stereocenters. The Hall–Kier alpha value is -1.12. The highest BCUT2D eigenvalue weighted by Crippen LogP contribution is 2.76. The molecule has 178 valence electrons. The Morgan fingerprint density at radius 2 is 1.59 bits per heavy atom. The van der Waals surface area contributed by atoms with Crippen LogP contribution in [0.15, 0.2) is 11.6 Å². The Balaban J connectivity index is 1.62. The lowest BCUT2D eigenvalue weighted by Crippen LogP contribution is -2.62. The third-order valence-corrected chi connectivity index (χ3v) is 12.5. The van der Waals surface area contributed by atoms with E-state index in [4.69, 9.17) is 0 Å². The van der Waals surface area contributed by atoms with E-state index < -0.39 is 11.4 Å². The second kappa shape index (κ2) is 6.30. The van der Waals surface area contributed by atoms with Gasteiger partial charge in [-0.2, -0.15) is 0 Å². The van der Waals surface area contributed by atoms with Crippen LogP contribution in [0.1, 0.15) is 106 Å². The van der Waals surface area contributed by atoms with Crippen LogP contribution in [0.3, 0.4) is 0 Å². The minimum atomic E-state index is -0.573. The Morgan fingerprint density at radius 3 is 2.25 bits per heavy atom. The first-order valence-corrected chi connectivity index (χ1v) is 13.1. The average Bonchev–Trinajstić information content (AvgIpc) is 2.85. The zero-order valence-electron chi connectivity index (χ0n) is 21.4. The summed E-state index contributed by atoms with van der Waals surface area (Å²) in [5, 5.41) is 10.5. The number of hydrogen-bond acceptors (Lipinski definition) is 2. The zero-order chi connectivity index (χ0) is 23.5. The molecule has 3 nitrogen and oxygen atoms in total. The molecule has 0 radical (unpaired) electrons. The molecule has 0 unspecified atom stereocenters. The van der Waals surface area contributed by atoms with Crippen molar-refractivity contribution in [2.24, 2.45) is 50.2 Å². The van der Waals surface area contributed by atoms with Crippen molar-refractivity contribution in [1.29, 1.82) is 0 Å². The molecule has 0 aromatic carbocycles. The molecule has 4 saturated carbocycles. The topological polar surface area (TPSA) is 54.4 Å². The van der Waals surface area contributed by atoms with Gasteiger partial charge in [0.05, 0.1) is 5.41 Å². The molecule has 4 fully saturated rings. The molecule has 0 spiro atoms. The van der Waals surface area contributed by atoms with E-state index in [0.29, 0.717) is 17.6 Å². The van der Waals surface area contributed by atoms with E-state index in [1.54, 1.807) is 0 Å². The van der Waals surface area contributed by atoms with Crippen LogP contribution in [0.2, 0.25) is 0 Å². The molecule has 5 rings (SSSR count). The Bertz CT molecular complexity index is 911. The molecule has 0 aliphatic heterocycles. The number of allylic oxidation sites excluding steroid dienone is 2. The Labute approximate surface area is 194 Å². The van der Waals surface area contributed by atoms with E-state index in [9.17, 15) is 14.7 Å². The van der Waals surface area contributed by atoms with Crippen molar-refractivity contribution in [3.63, 3.8) is 0 Å². The number of fused-ring (bicyclic) bond motifs is 7. The summed E-state index contributed by atoms with van der Waals surface area (Å²) < 4.78 is 0. The van der Waals surface area contributed by atoms with Gasteiger partial charge in [0.2, 0.25) is 0 Å². The van der Waals surface area contributed by atoms with E-state index in [1.165, 1.54) is 12.0 Å². The lowest BCUT2D eigenvalue weighted by atomic mass is 9.36. The summed E-state index contributed by atoms with van der Waals surface area (Å²) >= 11 is 0. The Morgan fingerprint density at radius 1 is 0.938 bits per heavy atom. The average molecular weight is 441 g/mol. The van der Waals surface area contributed by atoms with Gasteiger partial charge in [-0.3, -0.25) is 9.59 Å². The van der Waals surface area contributed by atoms with Gasteiger partial charge in [-0.1, -0.05) is 60.1 Å². The molecule has 32 heavy (non-hydrogen) atoms. The molecule has 0 bridgehead atoms. The highest BCUT2D eigenvalue weighted by molar-refractivity contribution is 5.88. The summed E-state index contributed by atoms with van der Waals surface area (Å²) in [6.07, 6.45) is 11.1. The molecule has 1 N–H and O–H groups in total. The lowest BCUT2D eigenvalue weighted by Gasteiger charge is -2.68. The van der Waals surface area contributed by atoms with Gasteiger partial charge in [0.25, 0.3) is 0 Å². The van der Waals surface area contributed by atoms with Crippen molar-refractivity contribution in [1.82, 2.24) is 0 Å². The number of rotatable bonds is 1. The largest absolute Gasteiger partial charge is 0.481 e. The van der Waals surface area contributed by atoms with E-state index in [1.807, 2.05) is 0 Å². The van der Waals surface area contributed by atoms with Crippen molar-refractivity contribution >= 4 is 11.8 Å². The maximum Gasteiger partial charge on any atom is 0.310 e. The van der Waals surface area contributed by atoms with Gasteiger partial charge in [0.15, 0.2) is 0 Å². The molecule has 0 heterocycles. The fraction of sp³-hybridized carbons (Fsp3) is 0.862. The summed E-state index contributed by atoms with van der Waals surface area (Å²) in [6, 6.07) is 0. The molecule has 5 aliphatic rings. The number of hydrogen-bond donors (Lipinski definition) is 1. The Kier molecular flexibility index (Phi) is 4.46. The smallest absolute Gasteiger partial charge is 0.310 e. The minimum absolute atomic E-state index is 0.0384. The van der Waals surface area contributed by atoms with Gasteiger partial charge in [-0.25, -0.2) is 0 Å². The maximum absolute atomic E-state index is 13.1. The van der Waals surface area contributed by atoms with E-state index in [0.717, 1.165) is 51.4 Å². The number of carboxylic acid groups (broad SMARTS) is 1. The molecule has 0 amide bonds. The van der Waals surface area contributed by atoms with Gasteiger partial charge in [-0.15, -0.1) is 0 Å². The first-order chi connectivity index (χ1) is 14.6. The third kappa shape index (κ3) is 2.49. The SMILES string of the molecule is CC1(C)CC[C@]2(C(=O)O)CC[C@]3(C)C(=CC[C@@H]4[C@@]5(C)CC(=O)C(C)(C)[C@@H]5CC[C@]43C)[C@H]2C1. The van der Waals surface area contributed by atoms with Crippen molar-refractivity contribution < 1.29 is 14.7 Å². The molecule has 3 heteroatoms. The number of aliphatic carboxylic acids is 1. The second-order valence-electron chi connectivity index (χ2n) is 14.5. The molecule has 0 saturated heterocycles. The highest BCUT2D eigenvalue weighted by Gasteiger charge is 2.70. The number of ketones is 1. The van der Waals surface area contributed by atoms with Gasteiger partial charge in [-0.05, 0) is 90.8 Å². The van der Waals surface area contributed by atoms with Crippen LogP contribution in [0.25, 0.3) is 0 Å². The van der Waals surface area contributed by atoms with Gasteiger partial charge in [0.1, 0.15) is 5.78 Å². The lowest BCUT2D eigenvalue weighted by molar-refractivity contribution is -0.172. The fourth-order valence-electron chi connectivity index (χ4n) is 10.2. The van der Waals surface area contributed by atoms with Gasteiger partial charge in [0, 0.05) is 11.8 Å². The summed E-state index contributed by atoms with van der Waals surface area (Å²) in [4.78, 5) is 25.8. The zero-order valence-corrected chi connectivity index (χ0v) is 21.4. The maximum atomic E-state index is 13.1. The van der Waals surface area contributed by atoms with Crippen LogP contribution in [0.5, 0.6) is 0 Å². The summed E-state index contributed by atoms with van der Waals surface area (Å²) in [5.74, 6) is 1.02. The summed E-state index contributed by atoms with van der Waals surface area (Å²) in [7, 11) is 0. The van der Waals surface area contributed by atoms with Gasteiger partial charge >= 0.3 is 5.97 Å². The van der Waals surface area contributed by atoms with Crippen LogP contribution in [-0.4, -0.2) is 16.9 Å². The van der Waals surface area contributed by atoms with Crippen LogP contribution in [0.4, 0.5) is 0 Å².